The van der Waals surface area contributed by atoms with Gasteiger partial charge in [0.25, 0.3) is 0 Å². The molecule has 108 valence electrons. The number of anilines is 1. The van der Waals surface area contributed by atoms with Gasteiger partial charge in [0, 0.05) is 10.5 Å². The third-order valence-electron chi connectivity index (χ3n) is 3.00. The molecule has 0 fully saturated rings. The van der Waals surface area contributed by atoms with Crippen LogP contribution in [0.2, 0.25) is 0 Å². The van der Waals surface area contributed by atoms with E-state index in [1.54, 1.807) is 18.2 Å². The van der Waals surface area contributed by atoms with Gasteiger partial charge in [0.1, 0.15) is 5.82 Å². The fourth-order valence-corrected chi connectivity index (χ4v) is 2.33. The van der Waals surface area contributed by atoms with Crippen molar-refractivity contribution >= 4 is 33.6 Å². The second-order valence-electron chi connectivity index (χ2n) is 4.54. The minimum atomic E-state index is -0.295. The fraction of sp³-hybridized carbons (Fsp3) is 0.118. The monoisotopic (exact) mass is 347 g/mol. The van der Waals surface area contributed by atoms with E-state index in [9.17, 15) is 9.18 Å². The SMILES string of the molecule is CCc1ccc(NC(=O)/C=C/c2ccc(F)cc2)c(Br)c1. The van der Waals surface area contributed by atoms with Crippen LogP contribution in [0.25, 0.3) is 6.08 Å². The summed E-state index contributed by atoms with van der Waals surface area (Å²) in [6.07, 6.45) is 4.01. The van der Waals surface area contributed by atoms with E-state index in [4.69, 9.17) is 0 Å². The van der Waals surface area contributed by atoms with Gasteiger partial charge in [0.2, 0.25) is 5.91 Å². The molecule has 0 aliphatic carbocycles. The van der Waals surface area contributed by atoms with E-state index in [1.165, 1.54) is 23.8 Å². The number of hydrogen-bond acceptors (Lipinski definition) is 1. The summed E-state index contributed by atoms with van der Waals surface area (Å²) in [5.41, 5.74) is 2.69. The van der Waals surface area contributed by atoms with Crippen molar-refractivity contribution in [3.05, 3.63) is 70.0 Å². The topological polar surface area (TPSA) is 29.1 Å². The van der Waals surface area contributed by atoms with Gasteiger partial charge >= 0.3 is 0 Å². The van der Waals surface area contributed by atoms with Gasteiger partial charge in [-0.15, -0.1) is 0 Å². The maximum atomic E-state index is 12.8. The van der Waals surface area contributed by atoms with Crippen molar-refractivity contribution in [1.82, 2.24) is 0 Å². The van der Waals surface area contributed by atoms with Crippen molar-refractivity contribution in [1.29, 1.82) is 0 Å². The third-order valence-corrected chi connectivity index (χ3v) is 3.65. The summed E-state index contributed by atoms with van der Waals surface area (Å²) in [7, 11) is 0. The highest BCUT2D eigenvalue weighted by molar-refractivity contribution is 9.10. The summed E-state index contributed by atoms with van der Waals surface area (Å²) in [5, 5.41) is 2.80. The van der Waals surface area contributed by atoms with Crippen molar-refractivity contribution in [2.24, 2.45) is 0 Å². The van der Waals surface area contributed by atoms with Crippen molar-refractivity contribution in [2.75, 3.05) is 5.32 Å². The van der Waals surface area contributed by atoms with E-state index < -0.39 is 0 Å². The predicted octanol–water partition coefficient (Wildman–Crippen LogP) is 4.80. The molecule has 2 nitrogen and oxygen atoms in total. The quantitative estimate of drug-likeness (QED) is 0.790. The van der Waals surface area contributed by atoms with Crippen LogP contribution in [0.3, 0.4) is 0 Å². The Balaban J connectivity index is 2.03. The standard InChI is InChI=1S/C17H15BrFNO/c1-2-12-5-9-16(15(18)11-12)20-17(21)10-6-13-3-7-14(19)8-4-13/h3-11H,2H2,1H3,(H,20,21)/b10-6+. The Morgan fingerprint density at radius 1 is 1.24 bits per heavy atom. The number of aryl methyl sites for hydroxylation is 1. The molecule has 2 rings (SSSR count). The number of hydrogen-bond donors (Lipinski definition) is 1. The van der Waals surface area contributed by atoms with Gasteiger partial charge in [-0.2, -0.15) is 0 Å². The molecule has 21 heavy (non-hydrogen) atoms. The Hall–Kier alpha value is -1.94. The summed E-state index contributed by atoms with van der Waals surface area (Å²) in [6.45, 7) is 2.07. The number of carbonyl (C=O) groups excluding carboxylic acids is 1. The second-order valence-corrected chi connectivity index (χ2v) is 5.40. The molecule has 2 aromatic carbocycles. The molecule has 4 heteroatoms. The Labute approximate surface area is 131 Å². The lowest BCUT2D eigenvalue weighted by molar-refractivity contribution is -0.111. The molecule has 0 aliphatic heterocycles. The minimum Gasteiger partial charge on any atom is -0.321 e. The molecule has 0 atom stereocenters. The zero-order valence-electron chi connectivity index (χ0n) is 11.6. The molecule has 0 radical (unpaired) electrons. The van der Waals surface area contributed by atoms with E-state index in [-0.39, 0.29) is 11.7 Å². The van der Waals surface area contributed by atoms with Gasteiger partial charge in [0.15, 0.2) is 0 Å². The molecule has 0 spiro atoms. The zero-order valence-corrected chi connectivity index (χ0v) is 13.2. The van der Waals surface area contributed by atoms with Crippen molar-refractivity contribution < 1.29 is 9.18 Å². The summed E-state index contributed by atoms with van der Waals surface area (Å²) in [6, 6.07) is 11.8. The fourth-order valence-electron chi connectivity index (χ4n) is 1.80. The number of nitrogens with one attached hydrogen (secondary N) is 1. The van der Waals surface area contributed by atoms with Crippen molar-refractivity contribution in [3.8, 4) is 0 Å². The average molecular weight is 348 g/mol. The zero-order chi connectivity index (χ0) is 15.2. The van der Waals surface area contributed by atoms with Gasteiger partial charge in [-0.3, -0.25) is 4.79 Å². The lowest BCUT2D eigenvalue weighted by Gasteiger charge is -2.06. The third kappa shape index (κ3) is 4.53. The van der Waals surface area contributed by atoms with Gasteiger partial charge in [-0.25, -0.2) is 4.39 Å². The molecule has 0 bridgehead atoms. The highest BCUT2D eigenvalue weighted by atomic mass is 79.9. The summed E-state index contributed by atoms with van der Waals surface area (Å²) in [5.74, 6) is -0.527. The first kappa shape index (κ1) is 15.4. The molecule has 0 unspecified atom stereocenters. The van der Waals surface area contributed by atoms with Crippen LogP contribution < -0.4 is 5.32 Å². The molecule has 0 aromatic heterocycles. The Morgan fingerprint density at radius 3 is 2.57 bits per heavy atom. The van der Waals surface area contributed by atoms with E-state index in [0.717, 1.165) is 22.1 Å². The van der Waals surface area contributed by atoms with Crippen LogP contribution in [0.4, 0.5) is 10.1 Å². The summed E-state index contributed by atoms with van der Waals surface area (Å²) in [4.78, 5) is 11.9. The maximum Gasteiger partial charge on any atom is 0.248 e. The summed E-state index contributed by atoms with van der Waals surface area (Å²) < 4.78 is 13.6. The Morgan fingerprint density at radius 2 is 1.95 bits per heavy atom. The van der Waals surface area contributed by atoms with Gasteiger partial charge in [0.05, 0.1) is 5.69 Å². The largest absolute Gasteiger partial charge is 0.321 e. The van der Waals surface area contributed by atoms with Crippen LogP contribution in [0.1, 0.15) is 18.1 Å². The van der Waals surface area contributed by atoms with Crippen LogP contribution >= 0.6 is 15.9 Å². The molecule has 1 amide bonds. The molecule has 2 aromatic rings. The molecule has 0 saturated carbocycles. The van der Waals surface area contributed by atoms with Crippen LogP contribution in [0.15, 0.2) is 53.0 Å². The predicted molar refractivity (Wildman–Crippen MR) is 87.6 cm³/mol. The first-order chi connectivity index (χ1) is 10.1. The first-order valence-corrected chi connectivity index (χ1v) is 7.41. The molecular weight excluding hydrogens is 333 g/mol. The van der Waals surface area contributed by atoms with Crippen LogP contribution in [-0.4, -0.2) is 5.91 Å². The van der Waals surface area contributed by atoms with E-state index in [1.807, 2.05) is 18.2 Å². The van der Waals surface area contributed by atoms with Crippen molar-refractivity contribution in [3.63, 3.8) is 0 Å². The number of carbonyl (C=O) groups is 1. The Kier molecular flexibility index (Phi) is 5.28. The van der Waals surface area contributed by atoms with E-state index in [2.05, 4.69) is 28.2 Å². The highest BCUT2D eigenvalue weighted by Crippen LogP contribution is 2.24. The molecule has 0 aliphatic rings. The minimum absolute atomic E-state index is 0.232. The maximum absolute atomic E-state index is 12.8. The first-order valence-electron chi connectivity index (χ1n) is 6.61. The van der Waals surface area contributed by atoms with Gasteiger partial charge < -0.3 is 5.32 Å². The second kappa shape index (κ2) is 7.18. The number of halogens is 2. The molecule has 0 saturated heterocycles. The van der Waals surface area contributed by atoms with Crippen LogP contribution in [0, 0.1) is 5.82 Å². The molecular formula is C17H15BrFNO. The normalized spacial score (nSPS) is 10.8. The Bertz CT molecular complexity index is 665. The van der Waals surface area contributed by atoms with Crippen LogP contribution in [0.5, 0.6) is 0 Å². The lowest BCUT2D eigenvalue weighted by Crippen LogP contribution is -2.08. The van der Waals surface area contributed by atoms with Crippen molar-refractivity contribution in [2.45, 2.75) is 13.3 Å². The average Bonchev–Trinajstić information content (AvgIpc) is 2.48. The molecule has 1 N–H and O–H groups in total. The number of amides is 1. The van der Waals surface area contributed by atoms with E-state index >= 15 is 0 Å². The smallest absolute Gasteiger partial charge is 0.248 e. The van der Waals surface area contributed by atoms with E-state index in [0.29, 0.717) is 0 Å². The van der Waals surface area contributed by atoms with Gasteiger partial charge in [-0.05, 0) is 63.8 Å². The highest BCUT2D eigenvalue weighted by Gasteiger charge is 2.03. The molecule has 0 heterocycles. The number of benzene rings is 2. The summed E-state index contributed by atoms with van der Waals surface area (Å²) >= 11 is 3.44. The van der Waals surface area contributed by atoms with Crippen LogP contribution in [-0.2, 0) is 11.2 Å². The number of rotatable bonds is 4. The van der Waals surface area contributed by atoms with Gasteiger partial charge in [-0.1, -0.05) is 25.1 Å². The lowest BCUT2D eigenvalue weighted by atomic mass is 10.1.